The highest BCUT2D eigenvalue weighted by atomic mass is 32.2. The van der Waals surface area contributed by atoms with Gasteiger partial charge in [-0.05, 0) is 55.3 Å². The zero-order valence-electron chi connectivity index (χ0n) is 17.7. The average molecular weight is 477 g/mol. The molecule has 0 radical (unpaired) electrons. The van der Waals surface area contributed by atoms with E-state index in [-0.39, 0.29) is 10.8 Å². The number of rotatable bonds is 5. The maximum Gasteiger partial charge on any atom is 0.264 e. The van der Waals surface area contributed by atoms with Crippen molar-refractivity contribution in [3.8, 4) is 11.3 Å². The first-order valence-electron chi connectivity index (χ1n) is 10.3. The Morgan fingerprint density at radius 2 is 1.91 bits per heavy atom. The van der Waals surface area contributed by atoms with E-state index in [0.29, 0.717) is 29.3 Å². The van der Waals surface area contributed by atoms with Gasteiger partial charge < -0.3 is 0 Å². The Labute approximate surface area is 195 Å². The number of sulfonamides is 1. The normalized spacial score (nSPS) is 13.1. The largest absolute Gasteiger partial charge is 0.298 e. The number of nitrogens with zero attached hydrogens (tertiary/aromatic N) is 3. The first-order valence-corrected chi connectivity index (χ1v) is 12.6. The lowest BCUT2D eigenvalue weighted by molar-refractivity contribution is 0.102. The highest BCUT2D eigenvalue weighted by Crippen LogP contribution is 2.37. The van der Waals surface area contributed by atoms with Crippen molar-refractivity contribution in [3.05, 3.63) is 89.1 Å². The minimum absolute atomic E-state index is 0.265. The summed E-state index contributed by atoms with van der Waals surface area (Å²) in [4.78, 5) is 22.3. The van der Waals surface area contributed by atoms with Crippen molar-refractivity contribution in [3.63, 3.8) is 0 Å². The highest BCUT2D eigenvalue weighted by molar-refractivity contribution is 7.92. The standard InChI is InChI=1S/C24H20N4O3S2/c1-16-22(26-24(32-16)27-23(29)19-6-5-12-25-15-19)18-9-10-21-17(14-18)11-13-28(21)33(30,31)20-7-3-2-4-8-20/h2-10,12,14-15H,11,13H2,1H3,(H,26,27,29). The van der Waals surface area contributed by atoms with Gasteiger partial charge in [0.25, 0.3) is 15.9 Å². The molecule has 0 bridgehead atoms. The Kier molecular flexibility index (Phi) is 5.43. The third-order valence-corrected chi connectivity index (χ3v) is 8.19. The van der Waals surface area contributed by atoms with Gasteiger partial charge in [-0.25, -0.2) is 13.4 Å². The van der Waals surface area contributed by atoms with Gasteiger partial charge >= 0.3 is 0 Å². The Hall–Kier alpha value is -3.56. The van der Waals surface area contributed by atoms with Crippen molar-refractivity contribution in [1.82, 2.24) is 9.97 Å². The topological polar surface area (TPSA) is 92.3 Å². The number of fused-ring (bicyclic) bond motifs is 1. The molecule has 1 amide bonds. The molecule has 1 aliphatic rings. The number of nitrogens with one attached hydrogen (secondary N) is 1. The number of carbonyl (C=O) groups excluding carboxylic acids is 1. The molecule has 7 nitrogen and oxygen atoms in total. The number of thiazole rings is 1. The monoisotopic (exact) mass is 476 g/mol. The van der Waals surface area contributed by atoms with Crippen molar-refractivity contribution in [2.75, 3.05) is 16.2 Å². The number of hydrogen-bond donors (Lipinski definition) is 1. The van der Waals surface area contributed by atoms with Crippen LogP contribution in [0.15, 0.2) is 78.0 Å². The van der Waals surface area contributed by atoms with Gasteiger partial charge in [-0.15, -0.1) is 11.3 Å². The van der Waals surface area contributed by atoms with E-state index in [0.717, 1.165) is 21.7 Å². The van der Waals surface area contributed by atoms with Crippen molar-refractivity contribution in [2.45, 2.75) is 18.2 Å². The van der Waals surface area contributed by atoms with Gasteiger partial charge in [-0.3, -0.25) is 19.4 Å². The van der Waals surface area contributed by atoms with Gasteiger partial charge in [0, 0.05) is 29.4 Å². The summed E-state index contributed by atoms with van der Waals surface area (Å²) in [5, 5.41) is 3.33. The summed E-state index contributed by atoms with van der Waals surface area (Å²) in [7, 11) is -3.61. The van der Waals surface area contributed by atoms with E-state index in [2.05, 4.69) is 15.3 Å². The predicted molar refractivity (Wildman–Crippen MR) is 129 cm³/mol. The van der Waals surface area contributed by atoms with Crippen LogP contribution in [0, 0.1) is 6.92 Å². The Balaban J connectivity index is 1.41. The number of aryl methyl sites for hydroxylation is 1. The molecule has 33 heavy (non-hydrogen) atoms. The van der Waals surface area contributed by atoms with Crippen molar-refractivity contribution >= 4 is 38.1 Å². The smallest absolute Gasteiger partial charge is 0.264 e. The minimum Gasteiger partial charge on any atom is -0.298 e. The molecule has 0 unspecified atom stereocenters. The van der Waals surface area contributed by atoms with Crippen LogP contribution in [0.25, 0.3) is 11.3 Å². The Morgan fingerprint density at radius 1 is 1.09 bits per heavy atom. The maximum absolute atomic E-state index is 13.1. The van der Waals surface area contributed by atoms with Crippen molar-refractivity contribution in [1.29, 1.82) is 0 Å². The third-order valence-electron chi connectivity index (χ3n) is 5.48. The molecule has 166 valence electrons. The fourth-order valence-corrected chi connectivity index (χ4v) is 6.23. The first kappa shape index (κ1) is 21.3. The maximum atomic E-state index is 13.1. The molecule has 2 aromatic carbocycles. The highest BCUT2D eigenvalue weighted by Gasteiger charge is 2.31. The lowest BCUT2D eigenvalue weighted by atomic mass is 10.1. The minimum atomic E-state index is -3.61. The van der Waals surface area contributed by atoms with Crippen LogP contribution in [0.4, 0.5) is 10.8 Å². The summed E-state index contributed by atoms with van der Waals surface area (Å²) >= 11 is 1.40. The number of benzene rings is 2. The van der Waals surface area contributed by atoms with E-state index >= 15 is 0 Å². The fourth-order valence-electron chi connectivity index (χ4n) is 3.87. The van der Waals surface area contributed by atoms with E-state index in [9.17, 15) is 13.2 Å². The Bertz CT molecular complexity index is 1440. The summed E-state index contributed by atoms with van der Waals surface area (Å²) in [5.41, 5.74) is 3.78. The zero-order chi connectivity index (χ0) is 23.0. The van der Waals surface area contributed by atoms with Crippen molar-refractivity contribution < 1.29 is 13.2 Å². The Morgan fingerprint density at radius 3 is 2.67 bits per heavy atom. The van der Waals surface area contributed by atoms with Crippen LogP contribution < -0.4 is 9.62 Å². The van der Waals surface area contributed by atoms with E-state index in [1.165, 1.54) is 21.8 Å². The van der Waals surface area contributed by atoms with E-state index in [1.807, 2.05) is 25.1 Å². The number of hydrogen-bond acceptors (Lipinski definition) is 6. The van der Waals surface area contributed by atoms with Crippen molar-refractivity contribution in [2.24, 2.45) is 0 Å². The molecule has 3 heterocycles. The number of carbonyl (C=O) groups is 1. The van der Waals surface area contributed by atoms with Crippen LogP contribution in [0.5, 0.6) is 0 Å². The van der Waals surface area contributed by atoms with Gasteiger partial charge in [-0.1, -0.05) is 24.3 Å². The number of amides is 1. The average Bonchev–Trinajstić information content (AvgIpc) is 3.43. The quantitative estimate of drug-likeness (QED) is 0.457. The summed E-state index contributed by atoms with van der Waals surface area (Å²) in [6.07, 6.45) is 3.75. The fraction of sp³-hybridized carbons (Fsp3) is 0.125. The van der Waals surface area contributed by atoms with Gasteiger partial charge in [0.15, 0.2) is 5.13 Å². The molecule has 1 aliphatic heterocycles. The van der Waals surface area contributed by atoms with E-state index in [1.54, 1.807) is 48.7 Å². The molecule has 0 aliphatic carbocycles. The number of aromatic nitrogens is 2. The van der Waals surface area contributed by atoms with Crippen LogP contribution in [0.3, 0.4) is 0 Å². The summed E-state index contributed by atoms with van der Waals surface area (Å²) in [6.45, 7) is 2.35. The lowest BCUT2D eigenvalue weighted by Gasteiger charge is -2.19. The second-order valence-electron chi connectivity index (χ2n) is 7.60. The number of anilines is 2. The third kappa shape index (κ3) is 4.01. The van der Waals surface area contributed by atoms with Crippen LogP contribution in [-0.4, -0.2) is 30.8 Å². The van der Waals surface area contributed by atoms with Gasteiger partial charge in [0.05, 0.1) is 21.8 Å². The second kappa shape index (κ2) is 8.42. The van der Waals surface area contributed by atoms with E-state index < -0.39 is 10.0 Å². The molecule has 0 atom stereocenters. The molecule has 0 saturated heterocycles. The molecule has 4 aromatic rings. The molecule has 1 N–H and O–H groups in total. The molecular weight excluding hydrogens is 456 g/mol. The molecule has 0 saturated carbocycles. The van der Waals surface area contributed by atoms with Gasteiger partial charge in [-0.2, -0.15) is 0 Å². The van der Waals surface area contributed by atoms with E-state index in [4.69, 9.17) is 0 Å². The second-order valence-corrected chi connectivity index (χ2v) is 10.7. The molecule has 2 aromatic heterocycles. The SMILES string of the molecule is Cc1sc(NC(=O)c2cccnc2)nc1-c1ccc2c(c1)CCN2S(=O)(=O)c1ccccc1. The summed E-state index contributed by atoms with van der Waals surface area (Å²) in [6, 6.07) is 17.6. The van der Waals surface area contributed by atoms with Crippen LogP contribution in [0.2, 0.25) is 0 Å². The molecular formula is C24H20N4O3S2. The zero-order valence-corrected chi connectivity index (χ0v) is 19.4. The van der Waals surface area contributed by atoms with Gasteiger partial charge in [0.1, 0.15) is 0 Å². The first-order chi connectivity index (χ1) is 15.9. The molecule has 5 rings (SSSR count). The number of pyridine rings is 1. The molecule has 0 fully saturated rings. The summed E-state index contributed by atoms with van der Waals surface area (Å²) in [5.74, 6) is -0.265. The van der Waals surface area contributed by atoms with Gasteiger partial charge in [0.2, 0.25) is 0 Å². The van der Waals surface area contributed by atoms with Crippen LogP contribution in [-0.2, 0) is 16.4 Å². The van der Waals surface area contributed by atoms with Crippen LogP contribution >= 0.6 is 11.3 Å². The summed E-state index contributed by atoms with van der Waals surface area (Å²) < 4.78 is 27.7. The molecule has 9 heteroatoms. The molecule has 0 spiro atoms. The predicted octanol–water partition coefficient (Wildman–Crippen LogP) is 4.52. The van der Waals surface area contributed by atoms with Crippen LogP contribution in [0.1, 0.15) is 20.8 Å². The lowest BCUT2D eigenvalue weighted by Crippen LogP contribution is -2.29.